The number of rotatable bonds is 10. The van der Waals surface area contributed by atoms with Gasteiger partial charge < -0.3 is 19.9 Å². The number of carbonyl (C=O) groups excluding carboxylic acids is 4. The Morgan fingerprint density at radius 1 is 1.09 bits per heavy atom. The second-order valence-electron chi connectivity index (χ2n) is 15.1. The third-order valence-corrected chi connectivity index (χ3v) is 11.8. The zero-order valence-electron chi connectivity index (χ0n) is 30.9. The van der Waals surface area contributed by atoms with Crippen LogP contribution in [-0.4, -0.2) is 109 Å². The first-order valence-electron chi connectivity index (χ1n) is 19.0. The Morgan fingerprint density at radius 3 is 2.67 bits per heavy atom. The van der Waals surface area contributed by atoms with Crippen LogP contribution in [0.15, 0.2) is 55.1 Å². The minimum Gasteiger partial charge on any atom is -0.485 e. The first kappa shape index (κ1) is 36.6. The second kappa shape index (κ2) is 14.5. The quantitative estimate of drug-likeness (QED) is 0.197. The molecule has 6 heterocycles. The predicted molar refractivity (Wildman–Crippen MR) is 200 cm³/mol. The number of hydrogen-bond acceptors (Lipinski definition) is 10. The van der Waals surface area contributed by atoms with E-state index < -0.39 is 42.6 Å². The van der Waals surface area contributed by atoms with Gasteiger partial charge in [0.15, 0.2) is 11.5 Å². The smallest absolute Gasteiger partial charge is 0.272 e. The van der Waals surface area contributed by atoms with Gasteiger partial charge in [0.25, 0.3) is 18.2 Å². The van der Waals surface area contributed by atoms with E-state index in [1.807, 2.05) is 15.8 Å². The van der Waals surface area contributed by atoms with Gasteiger partial charge in [0.05, 0.1) is 35.7 Å². The van der Waals surface area contributed by atoms with Crippen molar-refractivity contribution in [3.63, 3.8) is 0 Å². The van der Waals surface area contributed by atoms with E-state index in [0.29, 0.717) is 41.4 Å². The number of piperidine rings is 1. The number of nitrogens with one attached hydrogen (secondary N) is 2. The van der Waals surface area contributed by atoms with Crippen LogP contribution in [0.1, 0.15) is 70.8 Å². The van der Waals surface area contributed by atoms with E-state index in [0.717, 1.165) is 25.7 Å². The Morgan fingerprint density at radius 2 is 1.89 bits per heavy atom. The molecule has 2 N–H and O–H groups in total. The molecule has 1 saturated carbocycles. The van der Waals surface area contributed by atoms with Crippen molar-refractivity contribution < 1.29 is 37.1 Å². The highest BCUT2D eigenvalue weighted by atomic mass is 19.3. The number of ether oxygens (including phenoxy) is 1. The SMILES string of the molecule is CN(C1CCC(n2cc3cc(NC(=O)c4cnn5cccnc45)c(OCC(F)F)cc3n2)CC1)C1CN(c2ccc3c(c2F)CN(C2CCC(=O)NC2=O)C3=O)C1. The summed E-state index contributed by atoms with van der Waals surface area (Å²) >= 11 is 0. The van der Waals surface area contributed by atoms with Gasteiger partial charge in [-0.2, -0.15) is 10.2 Å². The fraction of sp³-hybridized carbons (Fsp3) is 0.410. The molecule has 1 aliphatic carbocycles. The summed E-state index contributed by atoms with van der Waals surface area (Å²) in [5.41, 5.74) is 2.31. The number of benzene rings is 2. The molecule has 15 nitrogen and oxygen atoms in total. The topological polar surface area (TPSA) is 159 Å². The van der Waals surface area contributed by atoms with Crippen molar-refractivity contribution in [3.8, 4) is 5.75 Å². The molecule has 9 rings (SSSR count). The van der Waals surface area contributed by atoms with Crippen LogP contribution in [0.25, 0.3) is 16.6 Å². The van der Waals surface area contributed by atoms with Gasteiger partial charge in [0.1, 0.15) is 24.0 Å². The summed E-state index contributed by atoms with van der Waals surface area (Å²) in [6.07, 6.45) is 7.68. The van der Waals surface area contributed by atoms with Gasteiger partial charge in [-0.25, -0.2) is 22.7 Å². The zero-order chi connectivity index (χ0) is 39.5. The highest BCUT2D eigenvalue weighted by Gasteiger charge is 2.42. The lowest BCUT2D eigenvalue weighted by molar-refractivity contribution is -0.136. The molecular weight excluding hydrogens is 745 g/mol. The molecule has 5 aromatic rings. The molecule has 3 aliphatic heterocycles. The molecule has 57 heavy (non-hydrogen) atoms. The van der Waals surface area contributed by atoms with Crippen LogP contribution in [0.3, 0.4) is 0 Å². The number of imide groups is 1. The number of carbonyl (C=O) groups is 4. The summed E-state index contributed by atoms with van der Waals surface area (Å²) in [6, 6.07) is 8.03. The van der Waals surface area contributed by atoms with Crippen molar-refractivity contribution in [2.24, 2.45) is 0 Å². The van der Waals surface area contributed by atoms with E-state index in [1.165, 1.54) is 15.6 Å². The van der Waals surface area contributed by atoms with Gasteiger partial charge in [-0.05, 0) is 63.4 Å². The van der Waals surface area contributed by atoms with E-state index in [2.05, 4.69) is 32.7 Å². The Hall–Kier alpha value is -6.04. The lowest BCUT2D eigenvalue weighted by atomic mass is 9.89. The first-order chi connectivity index (χ1) is 27.5. The maximum absolute atomic E-state index is 15.9. The van der Waals surface area contributed by atoms with E-state index in [1.54, 1.807) is 42.7 Å². The van der Waals surface area contributed by atoms with Crippen molar-refractivity contribution in [2.75, 3.05) is 37.0 Å². The largest absolute Gasteiger partial charge is 0.485 e. The molecule has 296 valence electrons. The van der Waals surface area contributed by atoms with Crippen LogP contribution < -0.4 is 20.3 Å². The number of nitrogens with zero attached hydrogens (tertiary/aromatic N) is 8. The predicted octanol–water partition coefficient (Wildman–Crippen LogP) is 4.18. The number of halogens is 3. The van der Waals surface area contributed by atoms with Crippen LogP contribution in [0.4, 0.5) is 24.5 Å². The molecular formula is C39H39F3N10O5. The molecule has 18 heteroatoms. The fourth-order valence-corrected chi connectivity index (χ4v) is 8.58. The van der Waals surface area contributed by atoms with E-state index in [-0.39, 0.29) is 65.5 Å². The maximum Gasteiger partial charge on any atom is 0.272 e. The van der Waals surface area contributed by atoms with E-state index in [9.17, 15) is 28.0 Å². The fourth-order valence-electron chi connectivity index (χ4n) is 8.58. The molecule has 0 radical (unpaired) electrons. The first-order valence-corrected chi connectivity index (χ1v) is 19.0. The molecule has 0 bridgehead atoms. The van der Waals surface area contributed by atoms with Gasteiger partial charge >= 0.3 is 0 Å². The second-order valence-corrected chi connectivity index (χ2v) is 15.1. The Balaban J connectivity index is 0.827. The molecule has 3 aromatic heterocycles. The number of fused-ring (bicyclic) bond motifs is 3. The monoisotopic (exact) mass is 784 g/mol. The molecule has 2 aromatic carbocycles. The number of anilines is 2. The summed E-state index contributed by atoms with van der Waals surface area (Å²) in [5, 5.41) is 14.7. The van der Waals surface area contributed by atoms with Crippen molar-refractivity contribution >= 4 is 51.6 Å². The van der Waals surface area contributed by atoms with Crippen LogP contribution in [0.2, 0.25) is 0 Å². The van der Waals surface area contributed by atoms with Crippen LogP contribution in [-0.2, 0) is 16.1 Å². The highest BCUT2D eigenvalue weighted by molar-refractivity contribution is 6.09. The Bertz CT molecular complexity index is 2420. The van der Waals surface area contributed by atoms with E-state index >= 15 is 4.39 Å². The maximum atomic E-state index is 15.9. The molecule has 3 fully saturated rings. The zero-order valence-corrected chi connectivity index (χ0v) is 30.9. The molecule has 2 saturated heterocycles. The van der Waals surface area contributed by atoms with Crippen LogP contribution in [0, 0.1) is 5.82 Å². The molecule has 4 aliphatic rings. The summed E-state index contributed by atoms with van der Waals surface area (Å²) in [5.74, 6) is -2.19. The number of alkyl halides is 2. The normalized spacial score (nSPS) is 21.4. The van der Waals surface area contributed by atoms with Crippen LogP contribution in [0.5, 0.6) is 5.75 Å². The number of aromatic nitrogens is 5. The summed E-state index contributed by atoms with van der Waals surface area (Å²) in [6.45, 7) is 0.395. The lowest BCUT2D eigenvalue weighted by Crippen LogP contribution is -2.61. The average Bonchev–Trinajstić information content (AvgIpc) is 3.90. The van der Waals surface area contributed by atoms with Crippen LogP contribution >= 0.6 is 0 Å². The highest BCUT2D eigenvalue weighted by Crippen LogP contribution is 2.38. The van der Waals surface area contributed by atoms with Crippen molar-refractivity contribution in [3.05, 3.63) is 77.6 Å². The summed E-state index contributed by atoms with van der Waals surface area (Å²) in [4.78, 5) is 60.4. The van der Waals surface area contributed by atoms with Gasteiger partial charge in [0.2, 0.25) is 11.8 Å². The van der Waals surface area contributed by atoms with Gasteiger partial charge in [-0.15, -0.1) is 0 Å². The average molecular weight is 785 g/mol. The molecule has 1 atom stereocenters. The van der Waals surface area contributed by atoms with Gasteiger partial charge in [-0.1, -0.05) is 0 Å². The van der Waals surface area contributed by atoms with E-state index in [4.69, 9.17) is 9.84 Å². The lowest BCUT2D eigenvalue weighted by Gasteiger charge is -2.49. The Kier molecular flexibility index (Phi) is 9.29. The van der Waals surface area contributed by atoms with Gasteiger partial charge in [-0.3, -0.25) is 34.1 Å². The number of likely N-dealkylation sites (N-methyl/N-ethyl adjacent to an activating group) is 1. The standard InChI is InChI=1S/C39H39F3N10O5/c1-48(24-17-49(18-24)30-8-7-25-27(35(30)42)19-50(39(25)56)31-9-10-34(53)46-38(31)55)22-3-5-23(6-4-22)52-16-21-13-29(32(14-28(21)47-52)57-20-33(40)41)45-37(54)26-15-44-51-12-2-11-43-36(26)51/h2,7-8,11-16,22-24,31,33H,3-6,9-10,17-20H2,1H3,(H,45,54)(H,46,53,55). The molecule has 0 spiro atoms. The van der Waals surface area contributed by atoms with Gasteiger partial charge in [0, 0.05) is 72.8 Å². The molecule has 4 amide bonds. The Labute approximate surface area is 323 Å². The summed E-state index contributed by atoms with van der Waals surface area (Å²) in [7, 11) is 2.10. The third kappa shape index (κ3) is 6.70. The third-order valence-electron chi connectivity index (χ3n) is 11.8. The molecule has 1 unspecified atom stereocenters. The summed E-state index contributed by atoms with van der Waals surface area (Å²) < 4.78 is 51.1. The number of hydrogen-bond donors (Lipinski definition) is 2. The minimum atomic E-state index is -2.71. The van der Waals surface area contributed by atoms with Crippen molar-refractivity contribution in [1.82, 2.24) is 39.5 Å². The van der Waals surface area contributed by atoms with Crippen molar-refractivity contribution in [1.29, 1.82) is 0 Å². The number of amides is 4. The minimum absolute atomic E-state index is 0.0142. The van der Waals surface area contributed by atoms with Crippen molar-refractivity contribution in [2.45, 2.75) is 75.7 Å².